The van der Waals surface area contributed by atoms with Gasteiger partial charge in [-0.05, 0) is 35.9 Å². The van der Waals surface area contributed by atoms with E-state index in [2.05, 4.69) is 0 Å². The van der Waals surface area contributed by atoms with Crippen LogP contribution in [-0.2, 0) is 4.79 Å². The number of nitrogens with zero attached hydrogens (tertiary/aromatic N) is 1. The number of ether oxygens (including phenoxy) is 2. The maximum absolute atomic E-state index is 11.7. The van der Waals surface area contributed by atoms with Crippen molar-refractivity contribution in [3.8, 4) is 11.5 Å². The van der Waals surface area contributed by atoms with Crippen molar-refractivity contribution in [2.75, 3.05) is 7.11 Å². The van der Waals surface area contributed by atoms with E-state index in [9.17, 15) is 14.9 Å². The van der Waals surface area contributed by atoms with Gasteiger partial charge in [0.05, 0.1) is 12.0 Å². The van der Waals surface area contributed by atoms with Crippen LogP contribution >= 0.6 is 0 Å². The van der Waals surface area contributed by atoms with Crippen LogP contribution < -0.4 is 9.47 Å². The zero-order chi connectivity index (χ0) is 15.9. The average molecular weight is 299 g/mol. The Balaban J connectivity index is 1.99. The second-order valence-electron chi connectivity index (χ2n) is 4.28. The number of carbonyl (C=O) groups excluding carboxylic acids is 1. The summed E-state index contributed by atoms with van der Waals surface area (Å²) in [5.41, 5.74) is 0.728. The maximum atomic E-state index is 11.7. The van der Waals surface area contributed by atoms with E-state index in [1.54, 1.807) is 31.4 Å². The summed E-state index contributed by atoms with van der Waals surface area (Å²) in [4.78, 5) is 21.7. The van der Waals surface area contributed by atoms with Crippen molar-refractivity contribution in [2.24, 2.45) is 0 Å². The molecule has 0 amide bonds. The molecule has 0 spiro atoms. The summed E-state index contributed by atoms with van der Waals surface area (Å²) in [6.45, 7) is 0. The maximum Gasteiger partial charge on any atom is 0.336 e. The number of non-ortho nitro benzene ring substituents is 1. The molecule has 0 aliphatic heterocycles. The molecule has 2 aromatic carbocycles. The molecule has 0 heterocycles. The predicted molar refractivity (Wildman–Crippen MR) is 80.8 cm³/mol. The lowest BCUT2D eigenvalue weighted by Crippen LogP contribution is -2.03. The molecule has 0 radical (unpaired) electrons. The summed E-state index contributed by atoms with van der Waals surface area (Å²) in [5, 5.41) is 10.5. The molecule has 0 unspecified atom stereocenters. The van der Waals surface area contributed by atoms with E-state index in [1.165, 1.54) is 30.3 Å². The van der Waals surface area contributed by atoms with E-state index < -0.39 is 10.9 Å². The summed E-state index contributed by atoms with van der Waals surface area (Å²) in [7, 11) is 1.56. The minimum Gasteiger partial charge on any atom is -0.497 e. The van der Waals surface area contributed by atoms with E-state index in [-0.39, 0.29) is 11.4 Å². The SMILES string of the molecule is COc1cccc(C=CC(=O)Oc2ccc([N+](=O)[O-])cc2)c1. The molecule has 6 heteroatoms. The second-order valence-corrected chi connectivity index (χ2v) is 4.28. The minimum atomic E-state index is -0.573. The molecule has 2 aromatic rings. The normalized spacial score (nSPS) is 10.4. The molecular formula is C16H13NO5. The Morgan fingerprint density at radius 1 is 1.14 bits per heavy atom. The highest BCUT2D eigenvalue weighted by molar-refractivity contribution is 5.88. The number of hydrogen-bond acceptors (Lipinski definition) is 5. The Morgan fingerprint density at radius 2 is 1.86 bits per heavy atom. The highest BCUT2D eigenvalue weighted by atomic mass is 16.6. The summed E-state index contributed by atoms with van der Waals surface area (Å²) in [5.74, 6) is 0.355. The van der Waals surface area contributed by atoms with Gasteiger partial charge in [-0.15, -0.1) is 0 Å². The first-order valence-electron chi connectivity index (χ1n) is 6.37. The quantitative estimate of drug-likeness (QED) is 0.278. The van der Waals surface area contributed by atoms with Crippen molar-refractivity contribution in [2.45, 2.75) is 0 Å². The lowest BCUT2D eigenvalue weighted by Gasteiger charge is -2.01. The molecule has 0 saturated heterocycles. The highest BCUT2D eigenvalue weighted by Crippen LogP contribution is 2.18. The van der Waals surface area contributed by atoms with Crippen LogP contribution in [0.1, 0.15) is 5.56 Å². The van der Waals surface area contributed by atoms with Crippen LogP contribution in [0.4, 0.5) is 5.69 Å². The zero-order valence-electron chi connectivity index (χ0n) is 11.8. The molecule has 112 valence electrons. The van der Waals surface area contributed by atoms with Crippen LogP contribution in [0.5, 0.6) is 11.5 Å². The van der Waals surface area contributed by atoms with Gasteiger partial charge in [0.2, 0.25) is 0 Å². The molecular weight excluding hydrogens is 286 g/mol. The van der Waals surface area contributed by atoms with Crippen molar-refractivity contribution in [1.29, 1.82) is 0 Å². The summed E-state index contributed by atoms with van der Waals surface area (Å²) >= 11 is 0. The predicted octanol–water partition coefficient (Wildman–Crippen LogP) is 3.22. The fourth-order valence-corrected chi connectivity index (χ4v) is 1.70. The van der Waals surface area contributed by atoms with Gasteiger partial charge in [0.15, 0.2) is 0 Å². The number of carbonyl (C=O) groups is 1. The summed E-state index contributed by atoms with van der Waals surface area (Å²) in [6, 6.07) is 12.5. The van der Waals surface area contributed by atoms with E-state index in [1.807, 2.05) is 6.07 Å². The third kappa shape index (κ3) is 4.17. The molecule has 22 heavy (non-hydrogen) atoms. The second kappa shape index (κ2) is 7.03. The number of esters is 1. The van der Waals surface area contributed by atoms with Crippen LogP contribution in [0.3, 0.4) is 0 Å². The van der Waals surface area contributed by atoms with Crippen LogP contribution in [0.25, 0.3) is 6.08 Å². The largest absolute Gasteiger partial charge is 0.497 e. The van der Waals surface area contributed by atoms with E-state index in [0.29, 0.717) is 5.75 Å². The number of hydrogen-bond donors (Lipinski definition) is 0. The standard InChI is InChI=1S/C16H13NO5/c1-21-15-4-2-3-12(11-15)5-10-16(18)22-14-8-6-13(7-9-14)17(19)20/h2-11H,1H3. The number of methoxy groups -OCH3 is 1. The fourth-order valence-electron chi connectivity index (χ4n) is 1.70. The lowest BCUT2D eigenvalue weighted by atomic mass is 10.2. The van der Waals surface area contributed by atoms with Gasteiger partial charge in [0.25, 0.3) is 5.69 Å². The molecule has 0 saturated carbocycles. The first kappa shape index (κ1) is 15.2. The Hall–Kier alpha value is -3.15. The minimum absolute atomic E-state index is 0.0632. The zero-order valence-corrected chi connectivity index (χ0v) is 11.8. The smallest absolute Gasteiger partial charge is 0.336 e. The highest BCUT2D eigenvalue weighted by Gasteiger charge is 2.06. The van der Waals surface area contributed by atoms with Gasteiger partial charge in [0.1, 0.15) is 11.5 Å². The van der Waals surface area contributed by atoms with Gasteiger partial charge >= 0.3 is 5.97 Å². The summed E-state index contributed by atoms with van der Waals surface area (Å²) in [6.07, 6.45) is 2.87. The average Bonchev–Trinajstić information content (AvgIpc) is 2.53. The molecule has 2 rings (SSSR count). The molecule has 0 atom stereocenters. The van der Waals surface area contributed by atoms with Crippen molar-refractivity contribution < 1.29 is 19.2 Å². The Bertz CT molecular complexity index is 707. The lowest BCUT2D eigenvalue weighted by molar-refractivity contribution is -0.384. The van der Waals surface area contributed by atoms with Crippen LogP contribution in [-0.4, -0.2) is 18.0 Å². The number of rotatable bonds is 5. The molecule has 0 aliphatic carbocycles. The van der Waals surface area contributed by atoms with Crippen molar-refractivity contribution >= 4 is 17.7 Å². The van der Waals surface area contributed by atoms with E-state index >= 15 is 0 Å². The van der Waals surface area contributed by atoms with Gasteiger partial charge < -0.3 is 9.47 Å². The van der Waals surface area contributed by atoms with E-state index in [0.717, 1.165) is 5.56 Å². The summed E-state index contributed by atoms with van der Waals surface area (Å²) < 4.78 is 10.1. The monoisotopic (exact) mass is 299 g/mol. The number of nitro benzene ring substituents is 1. The molecule has 0 aliphatic rings. The number of benzene rings is 2. The van der Waals surface area contributed by atoms with Gasteiger partial charge in [-0.3, -0.25) is 10.1 Å². The van der Waals surface area contributed by atoms with Crippen LogP contribution in [0, 0.1) is 10.1 Å². The van der Waals surface area contributed by atoms with Crippen LogP contribution in [0.2, 0.25) is 0 Å². The molecule has 0 aromatic heterocycles. The Kier molecular flexibility index (Phi) is 4.87. The third-order valence-electron chi connectivity index (χ3n) is 2.77. The molecule has 0 bridgehead atoms. The van der Waals surface area contributed by atoms with Crippen molar-refractivity contribution in [3.05, 3.63) is 70.3 Å². The number of nitro groups is 1. The van der Waals surface area contributed by atoms with Gasteiger partial charge in [-0.2, -0.15) is 0 Å². The first-order valence-corrected chi connectivity index (χ1v) is 6.37. The fraction of sp³-hybridized carbons (Fsp3) is 0.0625. The Labute approximate surface area is 126 Å². The Morgan fingerprint density at radius 3 is 2.50 bits per heavy atom. The van der Waals surface area contributed by atoms with E-state index in [4.69, 9.17) is 9.47 Å². The van der Waals surface area contributed by atoms with Gasteiger partial charge in [-0.1, -0.05) is 12.1 Å². The van der Waals surface area contributed by atoms with Crippen LogP contribution in [0.15, 0.2) is 54.6 Å². The van der Waals surface area contributed by atoms with Gasteiger partial charge in [-0.25, -0.2) is 4.79 Å². The third-order valence-corrected chi connectivity index (χ3v) is 2.77. The topological polar surface area (TPSA) is 78.7 Å². The first-order chi connectivity index (χ1) is 10.6. The van der Waals surface area contributed by atoms with Crippen molar-refractivity contribution in [1.82, 2.24) is 0 Å². The van der Waals surface area contributed by atoms with Gasteiger partial charge in [0, 0.05) is 18.2 Å². The molecule has 0 N–H and O–H groups in total. The molecule has 0 fully saturated rings. The molecule has 6 nitrogen and oxygen atoms in total. The van der Waals surface area contributed by atoms with Crippen molar-refractivity contribution in [3.63, 3.8) is 0 Å².